The van der Waals surface area contributed by atoms with Gasteiger partial charge in [-0.3, -0.25) is 9.59 Å². The third-order valence-corrected chi connectivity index (χ3v) is 5.78. The lowest BCUT2D eigenvalue weighted by atomic mass is 10.0. The van der Waals surface area contributed by atoms with Gasteiger partial charge in [0.05, 0.1) is 5.69 Å². The van der Waals surface area contributed by atoms with Crippen molar-refractivity contribution in [3.05, 3.63) is 101 Å². The van der Waals surface area contributed by atoms with Crippen molar-refractivity contribution < 1.29 is 23.5 Å². The molecule has 0 aliphatic carbocycles. The Bertz CT molecular complexity index is 1140. The summed E-state index contributed by atoms with van der Waals surface area (Å²) in [5.74, 6) is -1.58. The summed E-state index contributed by atoms with van der Waals surface area (Å²) in [7, 11) is 0. The molecule has 3 aromatic rings. The fourth-order valence-electron chi connectivity index (χ4n) is 3.07. The SMILES string of the molecule is CC(C)SC(NC(=O)OCc1ccccc1)C(=O)Nc1cc(F)ccc1C(=O)c1ccccc1. The highest BCUT2D eigenvalue weighted by Crippen LogP contribution is 2.23. The summed E-state index contributed by atoms with van der Waals surface area (Å²) >= 11 is 1.19. The number of hydrogen-bond acceptors (Lipinski definition) is 5. The van der Waals surface area contributed by atoms with Crippen LogP contribution in [0.3, 0.4) is 0 Å². The Labute approximate surface area is 201 Å². The highest BCUT2D eigenvalue weighted by Gasteiger charge is 2.25. The molecule has 0 saturated heterocycles. The zero-order valence-electron chi connectivity index (χ0n) is 18.8. The Balaban J connectivity index is 1.74. The second kappa shape index (κ2) is 12.0. The maximum atomic E-state index is 14.0. The summed E-state index contributed by atoms with van der Waals surface area (Å²) in [6, 6.07) is 21.2. The summed E-state index contributed by atoms with van der Waals surface area (Å²) in [6.07, 6.45) is -0.767. The van der Waals surface area contributed by atoms with Gasteiger partial charge in [0.2, 0.25) is 0 Å². The van der Waals surface area contributed by atoms with E-state index in [1.165, 1.54) is 17.8 Å². The van der Waals surface area contributed by atoms with Gasteiger partial charge in [0.25, 0.3) is 5.91 Å². The maximum absolute atomic E-state index is 14.0. The van der Waals surface area contributed by atoms with E-state index >= 15 is 0 Å². The number of ketones is 1. The van der Waals surface area contributed by atoms with Gasteiger partial charge < -0.3 is 15.4 Å². The smallest absolute Gasteiger partial charge is 0.408 e. The molecule has 3 aromatic carbocycles. The Hall–Kier alpha value is -3.65. The summed E-state index contributed by atoms with van der Waals surface area (Å²) in [5, 5.41) is 4.11. The Morgan fingerprint density at radius 2 is 1.59 bits per heavy atom. The topological polar surface area (TPSA) is 84.5 Å². The van der Waals surface area contributed by atoms with Crippen LogP contribution in [0.4, 0.5) is 14.9 Å². The number of alkyl carbamates (subject to hydrolysis) is 1. The monoisotopic (exact) mass is 480 g/mol. The first-order valence-corrected chi connectivity index (χ1v) is 11.6. The van der Waals surface area contributed by atoms with Crippen molar-refractivity contribution in [2.45, 2.75) is 31.1 Å². The first kappa shape index (κ1) is 25.0. The van der Waals surface area contributed by atoms with Crippen LogP contribution in [0.2, 0.25) is 0 Å². The van der Waals surface area contributed by atoms with Crippen LogP contribution in [0, 0.1) is 5.82 Å². The number of carbonyl (C=O) groups is 3. The van der Waals surface area contributed by atoms with E-state index in [1.807, 2.05) is 44.2 Å². The summed E-state index contributed by atoms with van der Waals surface area (Å²) in [6.45, 7) is 3.79. The molecular weight excluding hydrogens is 455 g/mol. The molecule has 0 radical (unpaired) electrons. The number of ether oxygens (including phenoxy) is 1. The zero-order chi connectivity index (χ0) is 24.5. The molecule has 3 rings (SSSR count). The van der Waals surface area contributed by atoms with Crippen molar-refractivity contribution in [2.75, 3.05) is 5.32 Å². The lowest BCUT2D eigenvalue weighted by molar-refractivity contribution is -0.116. The average molecular weight is 481 g/mol. The minimum atomic E-state index is -1.02. The molecule has 8 heteroatoms. The number of anilines is 1. The molecule has 176 valence electrons. The molecule has 1 unspecified atom stereocenters. The highest BCUT2D eigenvalue weighted by molar-refractivity contribution is 8.01. The van der Waals surface area contributed by atoms with E-state index < -0.39 is 23.2 Å². The van der Waals surface area contributed by atoms with Crippen molar-refractivity contribution in [3.63, 3.8) is 0 Å². The van der Waals surface area contributed by atoms with E-state index in [0.29, 0.717) is 5.56 Å². The van der Waals surface area contributed by atoms with E-state index in [0.717, 1.165) is 17.7 Å². The van der Waals surface area contributed by atoms with Crippen LogP contribution in [-0.2, 0) is 16.1 Å². The fourth-order valence-corrected chi connectivity index (χ4v) is 3.96. The summed E-state index contributed by atoms with van der Waals surface area (Å²) in [4.78, 5) is 38.3. The van der Waals surface area contributed by atoms with Crippen molar-refractivity contribution in [1.29, 1.82) is 0 Å². The predicted molar refractivity (Wildman–Crippen MR) is 131 cm³/mol. The molecule has 0 heterocycles. The summed E-state index contributed by atoms with van der Waals surface area (Å²) in [5.41, 5.74) is 1.37. The molecular formula is C26H25FN2O4S. The first-order valence-electron chi connectivity index (χ1n) is 10.7. The number of nitrogens with one attached hydrogen (secondary N) is 2. The highest BCUT2D eigenvalue weighted by atomic mass is 32.2. The van der Waals surface area contributed by atoms with E-state index in [4.69, 9.17) is 4.74 Å². The molecule has 0 spiro atoms. The number of hydrogen-bond donors (Lipinski definition) is 2. The van der Waals surface area contributed by atoms with E-state index in [1.54, 1.807) is 30.3 Å². The van der Waals surface area contributed by atoms with Crippen molar-refractivity contribution in [3.8, 4) is 0 Å². The predicted octanol–water partition coefficient (Wildman–Crippen LogP) is 5.39. The molecule has 0 aliphatic rings. The van der Waals surface area contributed by atoms with Gasteiger partial charge >= 0.3 is 6.09 Å². The Morgan fingerprint density at radius 1 is 0.941 bits per heavy atom. The number of rotatable bonds is 9. The van der Waals surface area contributed by atoms with E-state index in [2.05, 4.69) is 10.6 Å². The minimum absolute atomic E-state index is 0.0110. The Morgan fingerprint density at radius 3 is 2.24 bits per heavy atom. The van der Waals surface area contributed by atoms with Crippen LogP contribution < -0.4 is 10.6 Å². The molecule has 0 aromatic heterocycles. The van der Waals surface area contributed by atoms with Gasteiger partial charge in [-0.2, -0.15) is 0 Å². The molecule has 1 atom stereocenters. The molecule has 6 nitrogen and oxygen atoms in total. The van der Waals surface area contributed by atoms with Crippen LogP contribution in [0.15, 0.2) is 78.9 Å². The van der Waals surface area contributed by atoms with Gasteiger partial charge in [-0.05, 0) is 23.8 Å². The minimum Gasteiger partial charge on any atom is -0.445 e. The van der Waals surface area contributed by atoms with Crippen LogP contribution in [0.25, 0.3) is 0 Å². The molecule has 0 aliphatic heterocycles. The summed E-state index contributed by atoms with van der Waals surface area (Å²) < 4.78 is 19.2. The third-order valence-electron chi connectivity index (χ3n) is 4.63. The van der Waals surface area contributed by atoms with Crippen molar-refractivity contribution in [1.82, 2.24) is 5.32 Å². The second-order valence-electron chi connectivity index (χ2n) is 7.65. The maximum Gasteiger partial charge on any atom is 0.408 e. The molecule has 0 saturated carbocycles. The molecule has 0 fully saturated rings. The van der Waals surface area contributed by atoms with Crippen molar-refractivity contribution >= 4 is 35.2 Å². The van der Waals surface area contributed by atoms with Crippen LogP contribution >= 0.6 is 11.8 Å². The number of benzene rings is 3. The molecule has 2 amide bonds. The quantitative estimate of drug-likeness (QED) is 0.317. The van der Waals surface area contributed by atoms with Gasteiger partial charge in [0.1, 0.15) is 12.4 Å². The molecule has 34 heavy (non-hydrogen) atoms. The van der Waals surface area contributed by atoms with Crippen LogP contribution in [0.5, 0.6) is 0 Å². The van der Waals surface area contributed by atoms with E-state index in [9.17, 15) is 18.8 Å². The average Bonchev–Trinajstić information content (AvgIpc) is 2.83. The zero-order valence-corrected chi connectivity index (χ0v) is 19.6. The van der Waals surface area contributed by atoms with E-state index in [-0.39, 0.29) is 28.9 Å². The fraction of sp³-hybridized carbons (Fsp3) is 0.192. The largest absolute Gasteiger partial charge is 0.445 e. The molecule has 2 N–H and O–H groups in total. The van der Waals surface area contributed by atoms with Gasteiger partial charge in [-0.15, -0.1) is 11.8 Å². The van der Waals surface area contributed by atoms with Crippen LogP contribution in [0.1, 0.15) is 35.3 Å². The lowest BCUT2D eigenvalue weighted by Gasteiger charge is -2.20. The number of halogens is 1. The van der Waals surface area contributed by atoms with Crippen LogP contribution in [-0.4, -0.2) is 28.4 Å². The third kappa shape index (κ3) is 7.18. The molecule has 0 bridgehead atoms. The number of amides is 2. The normalized spacial score (nSPS) is 11.5. The second-order valence-corrected chi connectivity index (χ2v) is 9.33. The van der Waals surface area contributed by atoms with Gasteiger partial charge in [-0.1, -0.05) is 74.5 Å². The van der Waals surface area contributed by atoms with Gasteiger partial charge in [0.15, 0.2) is 11.2 Å². The lowest BCUT2D eigenvalue weighted by Crippen LogP contribution is -2.42. The number of carbonyl (C=O) groups excluding carboxylic acids is 3. The first-order chi connectivity index (χ1) is 16.3. The Kier molecular flexibility index (Phi) is 8.81. The van der Waals surface area contributed by atoms with Gasteiger partial charge in [-0.25, -0.2) is 9.18 Å². The van der Waals surface area contributed by atoms with Gasteiger partial charge in [0, 0.05) is 16.4 Å². The standard InChI is InChI=1S/C26H25FN2O4S/c1-17(2)34-25(29-26(32)33-16-18-9-5-3-6-10-18)24(31)28-22-15-20(27)13-14-21(22)23(30)19-11-7-4-8-12-19/h3-15,17,25H,16H2,1-2H3,(H,28,31)(H,29,32). The number of thioether (sulfide) groups is 1. The van der Waals surface area contributed by atoms with Crippen molar-refractivity contribution in [2.24, 2.45) is 0 Å².